The summed E-state index contributed by atoms with van der Waals surface area (Å²) in [5.41, 5.74) is 6.84. The predicted octanol–water partition coefficient (Wildman–Crippen LogP) is 1.70. The molecule has 1 fully saturated rings. The Morgan fingerprint density at radius 1 is 1.12 bits per heavy atom. The first-order valence-corrected chi connectivity index (χ1v) is 7.58. The molecule has 0 aliphatic carbocycles. The average Bonchev–Trinajstić information content (AvgIpc) is 2.53. The van der Waals surface area contributed by atoms with E-state index in [2.05, 4.69) is 29.1 Å². The summed E-state index contributed by atoms with van der Waals surface area (Å²) in [7, 11) is 2.14. The number of amides is 1. The summed E-state index contributed by atoms with van der Waals surface area (Å²) in [6.45, 7) is 7.07. The van der Waals surface area contributed by atoms with Gasteiger partial charge in [-0.25, -0.2) is 0 Å². The van der Waals surface area contributed by atoms with Crippen molar-refractivity contribution in [3.63, 3.8) is 0 Å². The van der Waals surface area contributed by atoms with E-state index in [4.69, 9.17) is 5.73 Å². The molecule has 2 atom stereocenters. The number of benzene rings is 1. The van der Waals surface area contributed by atoms with Crippen molar-refractivity contribution in [1.29, 1.82) is 0 Å². The third kappa shape index (κ3) is 7.55. The number of nitrogens with one attached hydrogen (secondary N) is 1. The van der Waals surface area contributed by atoms with Crippen LogP contribution in [0.3, 0.4) is 0 Å². The van der Waals surface area contributed by atoms with Crippen LogP contribution in [0.2, 0.25) is 0 Å². The van der Waals surface area contributed by atoms with Crippen LogP contribution in [0.1, 0.15) is 18.5 Å². The van der Waals surface area contributed by atoms with E-state index >= 15 is 0 Å². The first-order chi connectivity index (χ1) is 10.1. The van der Waals surface area contributed by atoms with Crippen molar-refractivity contribution in [1.82, 2.24) is 15.1 Å². The molecule has 0 bridgehead atoms. The Labute approximate surface area is 163 Å². The third-order valence-electron chi connectivity index (χ3n) is 4.17. The van der Waals surface area contributed by atoms with Gasteiger partial charge in [0.2, 0.25) is 5.91 Å². The average molecular weight is 400 g/mol. The second kappa shape index (κ2) is 12.8. The molecule has 1 amide bonds. The standard InChI is InChI=1S/C16H26N4O.3ClH/c1-13(20-10-8-19(2)9-11-20)12-18-16(21)15(17)14-6-4-3-5-7-14;;;/h3-7,13,15H,8-12,17H2,1-2H3,(H,18,21);3*1H. The Bertz CT molecular complexity index is 456. The molecule has 5 nitrogen and oxygen atoms in total. The summed E-state index contributed by atoms with van der Waals surface area (Å²) in [6.07, 6.45) is 0. The van der Waals surface area contributed by atoms with E-state index < -0.39 is 6.04 Å². The number of carbonyl (C=O) groups excluding carboxylic acids is 1. The molecule has 0 saturated carbocycles. The zero-order chi connectivity index (χ0) is 15.2. The number of hydrogen-bond acceptors (Lipinski definition) is 4. The molecule has 3 N–H and O–H groups in total. The van der Waals surface area contributed by atoms with Gasteiger partial charge in [0, 0.05) is 38.8 Å². The highest BCUT2D eigenvalue weighted by molar-refractivity contribution is 5.86. The number of nitrogens with two attached hydrogens (primary N) is 1. The highest BCUT2D eigenvalue weighted by Gasteiger charge is 2.21. The van der Waals surface area contributed by atoms with Crippen LogP contribution in [-0.4, -0.2) is 61.5 Å². The van der Waals surface area contributed by atoms with Crippen LogP contribution in [0.4, 0.5) is 0 Å². The molecular formula is C16H29Cl3N4O. The number of halogens is 3. The fourth-order valence-electron chi connectivity index (χ4n) is 2.56. The van der Waals surface area contributed by atoms with E-state index in [0.29, 0.717) is 12.6 Å². The smallest absolute Gasteiger partial charge is 0.241 e. The van der Waals surface area contributed by atoms with Crippen LogP contribution in [0.5, 0.6) is 0 Å². The van der Waals surface area contributed by atoms with Gasteiger partial charge in [-0.2, -0.15) is 0 Å². The topological polar surface area (TPSA) is 61.6 Å². The number of nitrogens with zero attached hydrogens (tertiary/aromatic N) is 2. The summed E-state index contributed by atoms with van der Waals surface area (Å²) < 4.78 is 0. The Morgan fingerprint density at radius 2 is 1.67 bits per heavy atom. The number of likely N-dealkylation sites (N-methyl/N-ethyl adjacent to an activating group) is 1. The second-order valence-electron chi connectivity index (χ2n) is 5.82. The Balaban J connectivity index is 0. The van der Waals surface area contributed by atoms with Crippen LogP contribution < -0.4 is 11.1 Å². The van der Waals surface area contributed by atoms with Crippen LogP contribution >= 0.6 is 37.2 Å². The molecule has 1 aromatic rings. The molecule has 0 spiro atoms. The maximum atomic E-state index is 12.1. The van der Waals surface area contributed by atoms with Gasteiger partial charge in [0.25, 0.3) is 0 Å². The summed E-state index contributed by atoms with van der Waals surface area (Å²) >= 11 is 0. The largest absolute Gasteiger partial charge is 0.353 e. The molecule has 8 heteroatoms. The second-order valence-corrected chi connectivity index (χ2v) is 5.82. The highest BCUT2D eigenvalue weighted by atomic mass is 35.5. The van der Waals surface area contributed by atoms with Gasteiger partial charge in [-0.1, -0.05) is 30.3 Å². The van der Waals surface area contributed by atoms with Gasteiger partial charge in [-0.15, -0.1) is 37.2 Å². The number of carbonyl (C=O) groups is 1. The Morgan fingerprint density at radius 3 is 2.21 bits per heavy atom. The van der Waals surface area contributed by atoms with Crippen LogP contribution in [0, 0.1) is 0 Å². The fraction of sp³-hybridized carbons (Fsp3) is 0.562. The zero-order valence-corrected chi connectivity index (χ0v) is 16.6. The van der Waals surface area contributed by atoms with E-state index in [1.54, 1.807) is 0 Å². The SMILES string of the molecule is CC(CNC(=O)C(N)c1ccccc1)N1CCN(C)CC1.Cl.Cl.Cl. The normalized spacial score (nSPS) is 17.5. The van der Waals surface area contributed by atoms with Crippen LogP contribution in [0.15, 0.2) is 30.3 Å². The van der Waals surface area contributed by atoms with Crippen LogP contribution in [0.25, 0.3) is 0 Å². The Hall–Kier alpha value is -0.560. The van der Waals surface area contributed by atoms with Crippen molar-refractivity contribution in [2.75, 3.05) is 39.8 Å². The third-order valence-corrected chi connectivity index (χ3v) is 4.17. The Kier molecular flexibility index (Phi) is 13.6. The lowest BCUT2D eigenvalue weighted by Gasteiger charge is -2.36. The molecule has 0 aromatic heterocycles. The van der Waals surface area contributed by atoms with Crippen molar-refractivity contribution in [2.45, 2.75) is 19.0 Å². The maximum absolute atomic E-state index is 12.1. The van der Waals surface area contributed by atoms with Crippen molar-refractivity contribution in [3.05, 3.63) is 35.9 Å². The summed E-state index contributed by atoms with van der Waals surface area (Å²) in [4.78, 5) is 16.9. The van der Waals surface area contributed by atoms with E-state index in [0.717, 1.165) is 31.7 Å². The molecular weight excluding hydrogens is 371 g/mol. The molecule has 24 heavy (non-hydrogen) atoms. The van der Waals surface area contributed by atoms with Crippen molar-refractivity contribution >= 4 is 43.1 Å². The molecule has 1 saturated heterocycles. The van der Waals surface area contributed by atoms with E-state index in [-0.39, 0.29) is 43.1 Å². The number of rotatable bonds is 5. The summed E-state index contributed by atoms with van der Waals surface area (Å²) in [5, 5.41) is 2.97. The molecule has 1 aliphatic heterocycles. The lowest BCUT2D eigenvalue weighted by molar-refractivity contribution is -0.122. The molecule has 140 valence electrons. The van der Waals surface area contributed by atoms with Gasteiger partial charge >= 0.3 is 0 Å². The minimum atomic E-state index is -0.592. The first kappa shape index (κ1) is 25.7. The lowest BCUT2D eigenvalue weighted by Crippen LogP contribution is -2.51. The highest BCUT2D eigenvalue weighted by Crippen LogP contribution is 2.10. The molecule has 0 radical (unpaired) electrons. The lowest BCUT2D eigenvalue weighted by atomic mass is 10.1. The van der Waals surface area contributed by atoms with E-state index in [1.807, 2.05) is 30.3 Å². The number of piperazine rings is 1. The molecule has 2 unspecified atom stereocenters. The molecule has 1 heterocycles. The predicted molar refractivity (Wildman–Crippen MR) is 107 cm³/mol. The maximum Gasteiger partial charge on any atom is 0.241 e. The van der Waals surface area contributed by atoms with Crippen LogP contribution in [-0.2, 0) is 4.79 Å². The van der Waals surface area contributed by atoms with Gasteiger partial charge in [-0.3, -0.25) is 9.69 Å². The fourth-order valence-corrected chi connectivity index (χ4v) is 2.56. The quantitative estimate of drug-likeness (QED) is 0.791. The van der Waals surface area contributed by atoms with Gasteiger partial charge in [-0.05, 0) is 19.5 Å². The van der Waals surface area contributed by atoms with Crippen molar-refractivity contribution in [2.24, 2.45) is 5.73 Å². The molecule has 2 rings (SSSR count). The minimum Gasteiger partial charge on any atom is -0.353 e. The van der Waals surface area contributed by atoms with E-state index in [9.17, 15) is 4.79 Å². The van der Waals surface area contributed by atoms with Gasteiger partial charge in [0.1, 0.15) is 6.04 Å². The summed E-state index contributed by atoms with van der Waals surface area (Å²) in [6, 6.07) is 9.23. The van der Waals surface area contributed by atoms with Gasteiger partial charge < -0.3 is 16.0 Å². The van der Waals surface area contributed by atoms with Crippen molar-refractivity contribution < 1.29 is 4.79 Å². The first-order valence-electron chi connectivity index (χ1n) is 7.58. The zero-order valence-electron chi connectivity index (χ0n) is 14.2. The minimum absolute atomic E-state index is 0. The van der Waals surface area contributed by atoms with Gasteiger partial charge in [0.15, 0.2) is 0 Å². The molecule has 1 aliphatic rings. The molecule has 1 aromatic carbocycles. The van der Waals surface area contributed by atoms with Crippen molar-refractivity contribution in [3.8, 4) is 0 Å². The number of hydrogen-bond donors (Lipinski definition) is 2. The van der Waals surface area contributed by atoms with Gasteiger partial charge in [0.05, 0.1) is 0 Å². The summed E-state index contributed by atoms with van der Waals surface area (Å²) in [5.74, 6) is -0.109. The monoisotopic (exact) mass is 398 g/mol. The van der Waals surface area contributed by atoms with E-state index in [1.165, 1.54) is 0 Å².